The molecule has 0 unspecified atom stereocenters. The first-order chi connectivity index (χ1) is 11.6. The lowest BCUT2D eigenvalue weighted by atomic mass is 10.1. The molecule has 1 heterocycles. The second-order valence-electron chi connectivity index (χ2n) is 5.55. The second-order valence-corrected chi connectivity index (χ2v) is 7.46. The van der Waals surface area contributed by atoms with Gasteiger partial charge in [0.05, 0.1) is 11.4 Å². The summed E-state index contributed by atoms with van der Waals surface area (Å²) in [6, 6.07) is 16.4. The van der Waals surface area contributed by atoms with E-state index >= 15 is 0 Å². The van der Waals surface area contributed by atoms with Gasteiger partial charge in [-0.3, -0.25) is 4.79 Å². The lowest BCUT2D eigenvalue weighted by Crippen LogP contribution is -2.13. The molecule has 0 saturated heterocycles. The summed E-state index contributed by atoms with van der Waals surface area (Å²) in [6.07, 6.45) is 0. The molecular weight excluding hydrogens is 336 g/mol. The SMILES string of the molecule is Cc1ccc(SCC(=O)Nc2nc(-c3ccc(C)cc3)cs2)cc1. The van der Waals surface area contributed by atoms with Crippen LogP contribution in [0.1, 0.15) is 11.1 Å². The van der Waals surface area contributed by atoms with Crippen molar-refractivity contribution in [2.75, 3.05) is 11.1 Å². The first kappa shape index (κ1) is 16.7. The van der Waals surface area contributed by atoms with Crippen LogP contribution in [0, 0.1) is 13.8 Å². The van der Waals surface area contributed by atoms with Gasteiger partial charge >= 0.3 is 0 Å². The van der Waals surface area contributed by atoms with Gasteiger partial charge in [0.2, 0.25) is 5.91 Å². The molecule has 0 radical (unpaired) electrons. The molecule has 3 nitrogen and oxygen atoms in total. The molecule has 1 N–H and O–H groups in total. The Kier molecular flexibility index (Phi) is 5.33. The van der Waals surface area contributed by atoms with Crippen LogP contribution in [0.15, 0.2) is 58.8 Å². The molecule has 0 fully saturated rings. The summed E-state index contributed by atoms with van der Waals surface area (Å²) < 4.78 is 0. The molecule has 2 aromatic carbocycles. The monoisotopic (exact) mass is 354 g/mol. The lowest BCUT2D eigenvalue weighted by Gasteiger charge is -2.03. The van der Waals surface area contributed by atoms with Crippen molar-refractivity contribution in [2.24, 2.45) is 0 Å². The summed E-state index contributed by atoms with van der Waals surface area (Å²) in [4.78, 5) is 17.7. The topological polar surface area (TPSA) is 42.0 Å². The third-order valence-corrected chi connectivity index (χ3v) is 5.26. The fourth-order valence-electron chi connectivity index (χ4n) is 2.13. The van der Waals surface area contributed by atoms with Crippen LogP contribution in [0.4, 0.5) is 5.13 Å². The number of nitrogens with one attached hydrogen (secondary N) is 1. The molecular formula is C19H18N2OS2. The molecule has 1 amide bonds. The minimum Gasteiger partial charge on any atom is -0.301 e. The van der Waals surface area contributed by atoms with Crippen molar-refractivity contribution in [3.63, 3.8) is 0 Å². The Labute approximate surface area is 150 Å². The number of thiazole rings is 1. The van der Waals surface area contributed by atoms with Crippen LogP contribution in [0.25, 0.3) is 11.3 Å². The van der Waals surface area contributed by atoms with Gasteiger partial charge in [-0.25, -0.2) is 4.98 Å². The van der Waals surface area contributed by atoms with Gasteiger partial charge in [-0.15, -0.1) is 23.1 Å². The van der Waals surface area contributed by atoms with E-state index in [0.717, 1.165) is 16.2 Å². The van der Waals surface area contributed by atoms with Crippen molar-refractivity contribution < 1.29 is 4.79 Å². The van der Waals surface area contributed by atoms with E-state index in [0.29, 0.717) is 10.9 Å². The van der Waals surface area contributed by atoms with E-state index in [-0.39, 0.29) is 5.91 Å². The van der Waals surface area contributed by atoms with Crippen molar-refractivity contribution in [3.8, 4) is 11.3 Å². The first-order valence-corrected chi connectivity index (χ1v) is 9.48. The van der Waals surface area contributed by atoms with Crippen molar-refractivity contribution in [1.29, 1.82) is 0 Å². The summed E-state index contributed by atoms with van der Waals surface area (Å²) in [7, 11) is 0. The smallest absolute Gasteiger partial charge is 0.236 e. The number of hydrogen-bond acceptors (Lipinski definition) is 4. The van der Waals surface area contributed by atoms with E-state index in [1.54, 1.807) is 0 Å². The molecule has 5 heteroatoms. The van der Waals surface area contributed by atoms with E-state index in [2.05, 4.69) is 48.4 Å². The van der Waals surface area contributed by atoms with Crippen molar-refractivity contribution >= 4 is 34.1 Å². The number of benzene rings is 2. The number of hydrogen-bond donors (Lipinski definition) is 1. The van der Waals surface area contributed by atoms with Crippen LogP contribution in [0.5, 0.6) is 0 Å². The third kappa shape index (κ3) is 4.46. The number of carbonyl (C=O) groups excluding carboxylic acids is 1. The minimum atomic E-state index is -0.0367. The number of amides is 1. The Morgan fingerprint density at radius 1 is 1.04 bits per heavy atom. The number of aromatic nitrogens is 1. The molecule has 24 heavy (non-hydrogen) atoms. The molecule has 3 rings (SSSR count). The number of aryl methyl sites for hydroxylation is 2. The number of anilines is 1. The van der Waals surface area contributed by atoms with Crippen LogP contribution in [-0.4, -0.2) is 16.6 Å². The molecule has 0 aliphatic carbocycles. The summed E-state index contributed by atoms with van der Waals surface area (Å²) in [5.74, 6) is 0.341. The average molecular weight is 355 g/mol. The summed E-state index contributed by atoms with van der Waals surface area (Å²) >= 11 is 2.97. The van der Waals surface area contributed by atoms with Crippen molar-refractivity contribution in [2.45, 2.75) is 18.7 Å². The maximum atomic E-state index is 12.1. The van der Waals surface area contributed by atoms with Gasteiger partial charge < -0.3 is 5.32 Å². The fraction of sp³-hybridized carbons (Fsp3) is 0.158. The van der Waals surface area contributed by atoms with Gasteiger partial charge in [0, 0.05) is 15.8 Å². The Bertz CT molecular complexity index is 823. The van der Waals surface area contributed by atoms with Crippen LogP contribution in [-0.2, 0) is 4.79 Å². The number of rotatable bonds is 5. The Morgan fingerprint density at radius 3 is 2.33 bits per heavy atom. The molecule has 0 bridgehead atoms. The molecule has 0 atom stereocenters. The summed E-state index contributed by atoms with van der Waals surface area (Å²) in [5.41, 5.74) is 4.39. The molecule has 0 aliphatic heterocycles. The Hall–Kier alpha value is -2.11. The second kappa shape index (κ2) is 7.64. The highest BCUT2D eigenvalue weighted by Crippen LogP contribution is 2.25. The van der Waals surface area contributed by atoms with E-state index < -0.39 is 0 Å². The van der Waals surface area contributed by atoms with E-state index in [9.17, 15) is 4.79 Å². The maximum Gasteiger partial charge on any atom is 0.236 e. The zero-order valence-corrected chi connectivity index (χ0v) is 15.2. The molecule has 0 aliphatic rings. The summed E-state index contributed by atoms with van der Waals surface area (Å²) in [5, 5.41) is 5.48. The number of nitrogens with zero attached hydrogens (tertiary/aromatic N) is 1. The highest BCUT2D eigenvalue weighted by atomic mass is 32.2. The normalized spacial score (nSPS) is 10.6. The van der Waals surface area contributed by atoms with E-state index in [1.807, 2.05) is 29.6 Å². The van der Waals surface area contributed by atoms with Crippen LogP contribution in [0.3, 0.4) is 0 Å². The van der Waals surface area contributed by atoms with Crippen molar-refractivity contribution in [1.82, 2.24) is 4.98 Å². The predicted molar refractivity (Wildman–Crippen MR) is 103 cm³/mol. The van der Waals surface area contributed by atoms with Gasteiger partial charge in [-0.05, 0) is 26.0 Å². The Balaban J connectivity index is 1.57. The zero-order valence-electron chi connectivity index (χ0n) is 13.6. The summed E-state index contributed by atoms with van der Waals surface area (Å²) in [6.45, 7) is 4.11. The van der Waals surface area contributed by atoms with E-state index in [4.69, 9.17) is 0 Å². The molecule has 0 spiro atoms. The number of thioether (sulfide) groups is 1. The van der Waals surface area contributed by atoms with Gasteiger partial charge in [0.25, 0.3) is 0 Å². The van der Waals surface area contributed by atoms with Gasteiger partial charge in [-0.2, -0.15) is 0 Å². The first-order valence-electron chi connectivity index (χ1n) is 7.62. The van der Waals surface area contributed by atoms with Gasteiger partial charge in [-0.1, -0.05) is 47.5 Å². The zero-order chi connectivity index (χ0) is 16.9. The minimum absolute atomic E-state index is 0.0367. The van der Waals surface area contributed by atoms with Crippen LogP contribution >= 0.6 is 23.1 Å². The molecule has 3 aromatic rings. The highest BCUT2D eigenvalue weighted by molar-refractivity contribution is 8.00. The largest absolute Gasteiger partial charge is 0.301 e. The molecule has 122 valence electrons. The standard InChI is InChI=1S/C19H18N2OS2/c1-13-3-7-15(8-4-13)17-11-24-19(20-17)21-18(22)12-23-16-9-5-14(2)6-10-16/h3-11H,12H2,1-2H3,(H,20,21,22). The van der Waals surface area contributed by atoms with Crippen molar-refractivity contribution in [3.05, 3.63) is 65.0 Å². The predicted octanol–water partition coefficient (Wildman–Crippen LogP) is 5.16. The highest BCUT2D eigenvalue weighted by Gasteiger charge is 2.08. The van der Waals surface area contributed by atoms with E-state index in [1.165, 1.54) is 34.2 Å². The average Bonchev–Trinajstić information content (AvgIpc) is 3.03. The quantitative estimate of drug-likeness (QED) is 0.644. The number of carbonyl (C=O) groups is 1. The molecule has 0 saturated carbocycles. The van der Waals surface area contributed by atoms with Crippen LogP contribution in [0.2, 0.25) is 0 Å². The third-order valence-electron chi connectivity index (χ3n) is 3.49. The Morgan fingerprint density at radius 2 is 1.67 bits per heavy atom. The van der Waals surface area contributed by atoms with Crippen LogP contribution < -0.4 is 5.32 Å². The van der Waals surface area contributed by atoms with Gasteiger partial charge in [0.15, 0.2) is 5.13 Å². The molecule has 1 aromatic heterocycles. The van der Waals surface area contributed by atoms with Gasteiger partial charge in [0.1, 0.15) is 0 Å². The fourth-order valence-corrected chi connectivity index (χ4v) is 3.56. The maximum absolute atomic E-state index is 12.1. The lowest BCUT2D eigenvalue weighted by molar-refractivity contribution is -0.113.